The number of anilines is 1. The van der Waals surface area contributed by atoms with Crippen molar-refractivity contribution in [3.8, 4) is 5.75 Å². The lowest BCUT2D eigenvalue weighted by molar-refractivity contribution is 0.0664. The van der Waals surface area contributed by atoms with Crippen molar-refractivity contribution >= 4 is 17.5 Å². The van der Waals surface area contributed by atoms with Gasteiger partial charge in [0, 0.05) is 43.0 Å². The first-order valence-electron chi connectivity index (χ1n) is 10.0. The molecule has 1 aliphatic heterocycles. The van der Waals surface area contributed by atoms with Crippen molar-refractivity contribution in [2.75, 3.05) is 45.2 Å². The molecule has 1 fully saturated rings. The predicted molar refractivity (Wildman–Crippen MR) is 115 cm³/mol. The van der Waals surface area contributed by atoms with Gasteiger partial charge in [-0.3, -0.25) is 9.59 Å². The van der Waals surface area contributed by atoms with Crippen LogP contribution in [0.3, 0.4) is 0 Å². The van der Waals surface area contributed by atoms with Gasteiger partial charge in [0.25, 0.3) is 11.8 Å². The van der Waals surface area contributed by atoms with Crippen LogP contribution in [0.4, 0.5) is 5.69 Å². The Balaban J connectivity index is 1.56. The highest BCUT2D eigenvalue weighted by atomic mass is 16.5. The van der Waals surface area contributed by atoms with Gasteiger partial charge in [-0.1, -0.05) is 13.8 Å². The second-order valence-corrected chi connectivity index (χ2v) is 7.86. The summed E-state index contributed by atoms with van der Waals surface area (Å²) in [7, 11) is 2.06. The molecule has 1 N–H and O–H groups in total. The predicted octanol–water partition coefficient (Wildman–Crippen LogP) is 3.36. The number of carbonyl (C=O) groups excluding carboxylic acids is 2. The zero-order valence-electron chi connectivity index (χ0n) is 17.4. The van der Waals surface area contributed by atoms with Gasteiger partial charge >= 0.3 is 0 Å². The standard InChI is InChI=1S/C23H29N3O3/c1-17(2)16-29-21-10-6-18(7-11-21)22(27)24-20-8-4-19(5-9-20)23(28)26-14-12-25(3)13-15-26/h4-11,17H,12-16H2,1-3H3,(H,24,27). The van der Waals surface area contributed by atoms with Gasteiger partial charge < -0.3 is 19.9 Å². The highest BCUT2D eigenvalue weighted by Crippen LogP contribution is 2.16. The first-order chi connectivity index (χ1) is 13.9. The summed E-state index contributed by atoms with van der Waals surface area (Å²) in [5, 5.41) is 2.87. The van der Waals surface area contributed by atoms with Gasteiger partial charge in [-0.15, -0.1) is 0 Å². The third kappa shape index (κ3) is 5.81. The molecule has 0 saturated carbocycles. The van der Waals surface area contributed by atoms with Crippen LogP contribution in [-0.2, 0) is 0 Å². The van der Waals surface area contributed by atoms with E-state index >= 15 is 0 Å². The van der Waals surface area contributed by atoms with Gasteiger partial charge in [0.2, 0.25) is 0 Å². The van der Waals surface area contributed by atoms with E-state index in [1.54, 1.807) is 48.5 Å². The number of amides is 2. The van der Waals surface area contributed by atoms with E-state index in [0.29, 0.717) is 29.3 Å². The van der Waals surface area contributed by atoms with Crippen molar-refractivity contribution in [3.05, 3.63) is 59.7 Å². The van der Waals surface area contributed by atoms with E-state index in [-0.39, 0.29) is 11.8 Å². The molecule has 0 aromatic heterocycles. The number of benzene rings is 2. The summed E-state index contributed by atoms with van der Waals surface area (Å²) in [5.41, 5.74) is 1.85. The Bertz CT molecular complexity index is 823. The summed E-state index contributed by atoms with van der Waals surface area (Å²) in [5.74, 6) is 1.04. The molecule has 0 radical (unpaired) electrons. The first-order valence-corrected chi connectivity index (χ1v) is 10.0. The van der Waals surface area contributed by atoms with Crippen LogP contribution in [0, 0.1) is 5.92 Å². The molecule has 1 saturated heterocycles. The molecule has 1 aliphatic rings. The van der Waals surface area contributed by atoms with Crippen molar-refractivity contribution in [2.24, 2.45) is 5.92 Å². The van der Waals surface area contributed by atoms with Crippen molar-refractivity contribution in [3.63, 3.8) is 0 Å². The van der Waals surface area contributed by atoms with Crippen LogP contribution in [0.15, 0.2) is 48.5 Å². The molecule has 2 aromatic carbocycles. The maximum atomic E-state index is 12.6. The number of hydrogen-bond acceptors (Lipinski definition) is 4. The van der Waals surface area contributed by atoms with Crippen LogP contribution in [0.2, 0.25) is 0 Å². The zero-order chi connectivity index (χ0) is 20.8. The normalized spacial score (nSPS) is 14.7. The molecular weight excluding hydrogens is 366 g/mol. The molecule has 0 atom stereocenters. The molecule has 29 heavy (non-hydrogen) atoms. The van der Waals surface area contributed by atoms with E-state index in [1.165, 1.54) is 0 Å². The summed E-state index contributed by atoms with van der Waals surface area (Å²) < 4.78 is 5.64. The van der Waals surface area contributed by atoms with Crippen molar-refractivity contribution in [1.29, 1.82) is 0 Å². The lowest BCUT2D eigenvalue weighted by Gasteiger charge is -2.32. The third-order valence-electron chi connectivity index (χ3n) is 4.88. The van der Waals surface area contributed by atoms with Gasteiger partial charge in [0.05, 0.1) is 6.61 Å². The van der Waals surface area contributed by atoms with Gasteiger partial charge in [-0.25, -0.2) is 0 Å². The number of piperazine rings is 1. The fraction of sp³-hybridized carbons (Fsp3) is 0.391. The summed E-state index contributed by atoms with van der Waals surface area (Å²) in [6.07, 6.45) is 0. The summed E-state index contributed by atoms with van der Waals surface area (Å²) in [6.45, 7) is 8.08. The maximum Gasteiger partial charge on any atom is 0.255 e. The molecule has 6 heteroatoms. The monoisotopic (exact) mass is 395 g/mol. The summed E-state index contributed by atoms with van der Waals surface area (Å²) in [4.78, 5) is 29.1. The van der Waals surface area contributed by atoms with Crippen LogP contribution in [0.25, 0.3) is 0 Å². The number of nitrogens with one attached hydrogen (secondary N) is 1. The minimum Gasteiger partial charge on any atom is -0.493 e. The van der Waals surface area contributed by atoms with Gasteiger partial charge in [0.1, 0.15) is 5.75 Å². The van der Waals surface area contributed by atoms with E-state index in [9.17, 15) is 9.59 Å². The molecule has 1 heterocycles. The van der Waals surface area contributed by atoms with Gasteiger partial charge in [-0.2, -0.15) is 0 Å². The average Bonchev–Trinajstić information content (AvgIpc) is 2.73. The largest absolute Gasteiger partial charge is 0.493 e. The second kappa shape index (κ2) is 9.56. The SMILES string of the molecule is CC(C)COc1ccc(C(=O)Nc2ccc(C(=O)N3CCN(C)CC3)cc2)cc1. The lowest BCUT2D eigenvalue weighted by atomic mass is 10.1. The minimum absolute atomic E-state index is 0.0352. The van der Waals surface area contributed by atoms with E-state index in [1.807, 2.05) is 4.90 Å². The Morgan fingerprint density at radius 2 is 1.52 bits per heavy atom. The number of rotatable bonds is 6. The van der Waals surface area contributed by atoms with Crippen molar-refractivity contribution in [1.82, 2.24) is 9.80 Å². The smallest absolute Gasteiger partial charge is 0.255 e. The van der Waals surface area contributed by atoms with Crippen LogP contribution in [0.1, 0.15) is 34.6 Å². The maximum absolute atomic E-state index is 12.6. The summed E-state index contributed by atoms with van der Waals surface area (Å²) >= 11 is 0. The van der Waals surface area contributed by atoms with Crippen molar-refractivity contribution in [2.45, 2.75) is 13.8 Å². The Hall–Kier alpha value is -2.86. The van der Waals surface area contributed by atoms with E-state index in [2.05, 4.69) is 31.1 Å². The molecular formula is C23H29N3O3. The van der Waals surface area contributed by atoms with E-state index in [0.717, 1.165) is 31.9 Å². The fourth-order valence-electron chi connectivity index (χ4n) is 3.06. The molecule has 2 amide bonds. The Morgan fingerprint density at radius 3 is 2.10 bits per heavy atom. The molecule has 0 bridgehead atoms. The number of hydrogen-bond donors (Lipinski definition) is 1. The second-order valence-electron chi connectivity index (χ2n) is 7.86. The highest BCUT2D eigenvalue weighted by Gasteiger charge is 2.20. The molecule has 0 spiro atoms. The van der Waals surface area contributed by atoms with Crippen LogP contribution < -0.4 is 10.1 Å². The topological polar surface area (TPSA) is 61.9 Å². The highest BCUT2D eigenvalue weighted by molar-refractivity contribution is 6.04. The molecule has 2 aromatic rings. The Morgan fingerprint density at radius 1 is 0.931 bits per heavy atom. The van der Waals surface area contributed by atoms with E-state index in [4.69, 9.17) is 4.74 Å². The Kier molecular flexibility index (Phi) is 6.88. The Labute approximate surface area is 172 Å². The number of nitrogens with zero attached hydrogens (tertiary/aromatic N) is 2. The average molecular weight is 396 g/mol. The zero-order valence-corrected chi connectivity index (χ0v) is 17.4. The molecule has 0 unspecified atom stereocenters. The van der Waals surface area contributed by atoms with Crippen LogP contribution in [0.5, 0.6) is 5.75 Å². The number of likely N-dealkylation sites (N-methyl/N-ethyl adjacent to an activating group) is 1. The van der Waals surface area contributed by atoms with Crippen LogP contribution >= 0.6 is 0 Å². The third-order valence-corrected chi connectivity index (χ3v) is 4.88. The minimum atomic E-state index is -0.196. The lowest BCUT2D eigenvalue weighted by Crippen LogP contribution is -2.47. The molecule has 154 valence electrons. The summed E-state index contributed by atoms with van der Waals surface area (Å²) in [6, 6.07) is 14.2. The molecule has 0 aliphatic carbocycles. The van der Waals surface area contributed by atoms with Gasteiger partial charge in [-0.05, 0) is 61.5 Å². The number of carbonyl (C=O) groups is 2. The molecule has 3 rings (SSSR count). The number of ether oxygens (including phenoxy) is 1. The van der Waals surface area contributed by atoms with Crippen LogP contribution in [-0.4, -0.2) is 61.4 Å². The first kappa shape index (κ1) is 20.9. The van der Waals surface area contributed by atoms with Crippen molar-refractivity contribution < 1.29 is 14.3 Å². The molecule has 6 nitrogen and oxygen atoms in total. The quantitative estimate of drug-likeness (QED) is 0.815. The van der Waals surface area contributed by atoms with Gasteiger partial charge in [0.15, 0.2) is 0 Å². The fourth-order valence-corrected chi connectivity index (χ4v) is 3.06. The van der Waals surface area contributed by atoms with E-state index < -0.39 is 0 Å².